The van der Waals surface area contributed by atoms with Gasteiger partial charge in [-0.2, -0.15) is 0 Å². The number of anilines is 1. The molecule has 0 bridgehead atoms. The van der Waals surface area contributed by atoms with E-state index in [0.717, 1.165) is 18.6 Å². The molecule has 23 heavy (non-hydrogen) atoms. The topological polar surface area (TPSA) is 60.5 Å². The summed E-state index contributed by atoms with van der Waals surface area (Å²) in [6.45, 7) is 2.80. The molecule has 0 unspecified atom stereocenters. The van der Waals surface area contributed by atoms with E-state index in [2.05, 4.69) is 17.2 Å². The summed E-state index contributed by atoms with van der Waals surface area (Å²) >= 11 is 0. The lowest BCUT2D eigenvalue weighted by atomic mass is 10.3. The molecule has 0 atom stereocenters. The van der Waals surface area contributed by atoms with Gasteiger partial charge in [0.2, 0.25) is 0 Å². The standard InChI is InChI=1S/C18H22N2O3/c1-2-3-4-12-22-16-6-5-7-17(13-16)23-14-18(21)20-15-8-10-19-11-9-15/h5-11,13H,2-4,12,14H2,1H3,(H,19,20,21). The summed E-state index contributed by atoms with van der Waals surface area (Å²) in [5.41, 5.74) is 0.696. The fourth-order valence-corrected chi connectivity index (χ4v) is 1.98. The minimum atomic E-state index is -0.217. The monoisotopic (exact) mass is 314 g/mol. The molecule has 0 spiro atoms. The quantitative estimate of drug-likeness (QED) is 0.717. The zero-order chi connectivity index (χ0) is 16.3. The highest BCUT2D eigenvalue weighted by Gasteiger charge is 2.04. The lowest BCUT2D eigenvalue weighted by Crippen LogP contribution is -2.20. The zero-order valence-electron chi connectivity index (χ0n) is 13.3. The van der Waals surface area contributed by atoms with Gasteiger partial charge in [-0.25, -0.2) is 0 Å². The Morgan fingerprint density at radius 3 is 2.57 bits per heavy atom. The van der Waals surface area contributed by atoms with Crippen LogP contribution in [-0.4, -0.2) is 24.1 Å². The lowest BCUT2D eigenvalue weighted by molar-refractivity contribution is -0.118. The molecule has 0 aliphatic carbocycles. The Kier molecular flexibility index (Phi) is 6.91. The van der Waals surface area contributed by atoms with Gasteiger partial charge in [0, 0.05) is 24.1 Å². The molecule has 1 heterocycles. The average molecular weight is 314 g/mol. The summed E-state index contributed by atoms with van der Waals surface area (Å²) in [6.07, 6.45) is 6.60. The highest BCUT2D eigenvalue weighted by Crippen LogP contribution is 2.19. The number of carbonyl (C=O) groups excluding carboxylic acids is 1. The van der Waals surface area contributed by atoms with Gasteiger partial charge in [-0.3, -0.25) is 9.78 Å². The molecule has 1 aromatic carbocycles. The molecule has 0 saturated heterocycles. The van der Waals surface area contributed by atoms with Gasteiger partial charge in [-0.15, -0.1) is 0 Å². The maximum Gasteiger partial charge on any atom is 0.262 e. The van der Waals surface area contributed by atoms with Crippen LogP contribution in [0.1, 0.15) is 26.2 Å². The molecule has 5 nitrogen and oxygen atoms in total. The Morgan fingerprint density at radius 1 is 1.09 bits per heavy atom. The zero-order valence-corrected chi connectivity index (χ0v) is 13.3. The van der Waals surface area contributed by atoms with Crippen molar-refractivity contribution in [2.45, 2.75) is 26.2 Å². The van der Waals surface area contributed by atoms with Crippen LogP contribution in [0.25, 0.3) is 0 Å². The number of nitrogens with zero attached hydrogens (tertiary/aromatic N) is 1. The van der Waals surface area contributed by atoms with Crippen LogP contribution in [0.3, 0.4) is 0 Å². The predicted molar refractivity (Wildman–Crippen MR) is 89.8 cm³/mol. The van der Waals surface area contributed by atoms with Gasteiger partial charge in [0.05, 0.1) is 6.61 Å². The van der Waals surface area contributed by atoms with Crippen molar-refractivity contribution < 1.29 is 14.3 Å². The number of amides is 1. The van der Waals surface area contributed by atoms with Crippen LogP contribution in [0.4, 0.5) is 5.69 Å². The van der Waals surface area contributed by atoms with Crippen molar-refractivity contribution in [3.63, 3.8) is 0 Å². The number of hydrogen-bond acceptors (Lipinski definition) is 4. The Morgan fingerprint density at radius 2 is 1.83 bits per heavy atom. The first-order valence-corrected chi connectivity index (χ1v) is 7.83. The Labute approximate surface area is 136 Å². The smallest absolute Gasteiger partial charge is 0.262 e. The number of aromatic nitrogens is 1. The maximum atomic E-state index is 11.8. The van der Waals surface area contributed by atoms with Crippen molar-refractivity contribution in [1.82, 2.24) is 4.98 Å². The van der Waals surface area contributed by atoms with Gasteiger partial charge in [0.15, 0.2) is 6.61 Å². The summed E-state index contributed by atoms with van der Waals surface area (Å²) in [5.74, 6) is 1.15. The Hall–Kier alpha value is -2.56. The SMILES string of the molecule is CCCCCOc1cccc(OCC(=O)Nc2ccncc2)c1. The fourth-order valence-electron chi connectivity index (χ4n) is 1.98. The van der Waals surface area contributed by atoms with E-state index in [1.165, 1.54) is 6.42 Å². The number of nitrogens with one attached hydrogen (secondary N) is 1. The normalized spacial score (nSPS) is 10.1. The van der Waals surface area contributed by atoms with Crippen LogP contribution in [0.5, 0.6) is 11.5 Å². The number of carbonyl (C=O) groups is 1. The third-order valence-corrected chi connectivity index (χ3v) is 3.16. The molecule has 2 rings (SSSR count). The predicted octanol–water partition coefficient (Wildman–Crippen LogP) is 3.67. The van der Waals surface area contributed by atoms with E-state index < -0.39 is 0 Å². The van der Waals surface area contributed by atoms with Crippen LogP contribution in [0.2, 0.25) is 0 Å². The lowest BCUT2D eigenvalue weighted by Gasteiger charge is -2.10. The molecule has 1 amide bonds. The Balaban J connectivity index is 1.77. The maximum absolute atomic E-state index is 11.8. The second-order valence-electron chi connectivity index (χ2n) is 5.10. The summed E-state index contributed by atoms with van der Waals surface area (Å²) in [4.78, 5) is 15.7. The third-order valence-electron chi connectivity index (χ3n) is 3.16. The van der Waals surface area contributed by atoms with Crippen molar-refractivity contribution in [2.24, 2.45) is 0 Å². The van der Waals surface area contributed by atoms with E-state index in [-0.39, 0.29) is 12.5 Å². The third kappa shape index (κ3) is 6.38. The second kappa shape index (κ2) is 9.46. The van der Waals surface area contributed by atoms with Gasteiger partial charge in [0.25, 0.3) is 5.91 Å². The highest BCUT2D eigenvalue weighted by molar-refractivity contribution is 5.91. The van der Waals surface area contributed by atoms with Crippen molar-refractivity contribution in [2.75, 3.05) is 18.5 Å². The first-order valence-electron chi connectivity index (χ1n) is 7.83. The van der Waals surface area contributed by atoms with Crippen LogP contribution in [-0.2, 0) is 4.79 Å². The fraction of sp³-hybridized carbons (Fsp3) is 0.333. The molecule has 122 valence electrons. The van der Waals surface area contributed by atoms with E-state index in [9.17, 15) is 4.79 Å². The molecule has 1 N–H and O–H groups in total. The largest absolute Gasteiger partial charge is 0.493 e. The minimum absolute atomic E-state index is 0.0540. The van der Waals surface area contributed by atoms with Gasteiger partial charge in [0.1, 0.15) is 11.5 Å². The minimum Gasteiger partial charge on any atom is -0.493 e. The first-order chi connectivity index (χ1) is 11.3. The Bertz CT molecular complexity index is 602. The number of unbranched alkanes of at least 4 members (excludes halogenated alkanes) is 2. The number of benzene rings is 1. The van der Waals surface area contributed by atoms with Crippen molar-refractivity contribution in [1.29, 1.82) is 0 Å². The van der Waals surface area contributed by atoms with Crippen molar-refractivity contribution in [3.8, 4) is 11.5 Å². The van der Waals surface area contributed by atoms with Crippen LogP contribution >= 0.6 is 0 Å². The molecule has 1 aromatic heterocycles. The van der Waals surface area contributed by atoms with E-state index in [1.54, 1.807) is 36.7 Å². The first kappa shape index (κ1) is 16.8. The molecule has 0 aliphatic rings. The number of hydrogen-bond donors (Lipinski definition) is 1. The molecule has 2 aromatic rings. The van der Waals surface area contributed by atoms with E-state index in [1.807, 2.05) is 12.1 Å². The van der Waals surface area contributed by atoms with Gasteiger partial charge in [-0.05, 0) is 30.7 Å². The molecular weight excluding hydrogens is 292 g/mol. The summed E-state index contributed by atoms with van der Waals surface area (Å²) in [5, 5.41) is 2.74. The number of ether oxygens (including phenoxy) is 2. The summed E-state index contributed by atoms with van der Waals surface area (Å²) < 4.78 is 11.2. The van der Waals surface area contributed by atoms with Crippen LogP contribution in [0, 0.1) is 0 Å². The summed E-state index contributed by atoms with van der Waals surface area (Å²) in [6, 6.07) is 10.8. The van der Waals surface area contributed by atoms with E-state index >= 15 is 0 Å². The molecular formula is C18H22N2O3. The highest BCUT2D eigenvalue weighted by atomic mass is 16.5. The van der Waals surface area contributed by atoms with Crippen molar-refractivity contribution in [3.05, 3.63) is 48.8 Å². The molecule has 0 radical (unpaired) electrons. The molecule has 0 aliphatic heterocycles. The second-order valence-corrected chi connectivity index (χ2v) is 5.10. The summed E-state index contributed by atoms with van der Waals surface area (Å²) in [7, 11) is 0. The van der Waals surface area contributed by atoms with Gasteiger partial charge in [-0.1, -0.05) is 25.8 Å². The molecule has 0 fully saturated rings. The van der Waals surface area contributed by atoms with Gasteiger partial charge < -0.3 is 14.8 Å². The molecule has 5 heteroatoms. The average Bonchev–Trinajstić information content (AvgIpc) is 2.58. The van der Waals surface area contributed by atoms with Gasteiger partial charge >= 0.3 is 0 Å². The number of rotatable bonds is 9. The van der Waals surface area contributed by atoms with Crippen molar-refractivity contribution >= 4 is 11.6 Å². The number of pyridine rings is 1. The molecule has 0 saturated carbocycles. The van der Waals surface area contributed by atoms with E-state index in [4.69, 9.17) is 9.47 Å². The van der Waals surface area contributed by atoms with Crippen LogP contribution < -0.4 is 14.8 Å². The van der Waals surface area contributed by atoms with Crippen LogP contribution in [0.15, 0.2) is 48.8 Å². The van der Waals surface area contributed by atoms with E-state index in [0.29, 0.717) is 18.0 Å².